The SMILES string of the molecule is Cc1nc(S(=O)(=O)N2CCN(C[C@H](OCc3ccc(C(F)(F)F)cc3)c3ccc(Cl)cc3)CC2)cn1C. The van der Waals surface area contributed by atoms with Crippen LogP contribution in [0.2, 0.25) is 5.02 Å². The molecule has 0 bridgehead atoms. The van der Waals surface area contributed by atoms with E-state index in [1.54, 1.807) is 30.7 Å². The van der Waals surface area contributed by atoms with E-state index in [9.17, 15) is 21.6 Å². The summed E-state index contributed by atoms with van der Waals surface area (Å²) >= 11 is 6.04. The molecule has 0 saturated carbocycles. The Bertz CT molecular complexity index is 1280. The molecular weight excluding hydrogens is 529 g/mol. The Hall–Kier alpha value is -2.44. The molecule has 4 rings (SSSR count). The molecule has 1 saturated heterocycles. The maximum atomic E-state index is 13.0. The number of rotatable bonds is 8. The third kappa shape index (κ3) is 6.71. The summed E-state index contributed by atoms with van der Waals surface area (Å²) in [5, 5.41) is 0.619. The monoisotopic (exact) mass is 556 g/mol. The molecule has 2 heterocycles. The number of nitrogens with zero attached hydrogens (tertiary/aromatic N) is 4. The molecule has 1 fully saturated rings. The summed E-state index contributed by atoms with van der Waals surface area (Å²) in [5.41, 5.74) is 0.781. The van der Waals surface area contributed by atoms with Gasteiger partial charge in [-0.05, 0) is 42.3 Å². The van der Waals surface area contributed by atoms with Gasteiger partial charge < -0.3 is 9.30 Å². The minimum absolute atomic E-state index is 0.0415. The quantitative estimate of drug-likeness (QED) is 0.403. The lowest BCUT2D eigenvalue weighted by Gasteiger charge is -2.35. The van der Waals surface area contributed by atoms with Gasteiger partial charge in [0, 0.05) is 51.0 Å². The summed E-state index contributed by atoms with van der Waals surface area (Å²) in [4.78, 5) is 6.28. The summed E-state index contributed by atoms with van der Waals surface area (Å²) in [5.74, 6) is 0.619. The van der Waals surface area contributed by atoms with Crippen LogP contribution in [0.5, 0.6) is 0 Å². The molecule has 0 amide bonds. The van der Waals surface area contributed by atoms with Crippen LogP contribution in [0.4, 0.5) is 13.2 Å². The van der Waals surface area contributed by atoms with Crippen LogP contribution in [-0.4, -0.2) is 59.9 Å². The number of benzene rings is 2. The highest BCUT2D eigenvalue weighted by Gasteiger charge is 2.32. The summed E-state index contributed by atoms with van der Waals surface area (Å²) < 4.78 is 73.9. The van der Waals surface area contributed by atoms with Gasteiger partial charge in [0.15, 0.2) is 5.03 Å². The van der Waals surface area contributed by atoms with E-state index < -0.39 is 21.8 Å². The van der Waals surface area contributed by atoms with Crippen molar-refractivity contribution in [1.29, 1.82) is 0 Å². The smallest absolute Gasteiger partial charge is 0.368 e. The molecule has 0 radical (unpaired) electrons. The van der Waals surface area contributed by atoms with Gasteiger partial charge in [-0.2, -0.15) is 17.5 Å². The van der Waals surface area contributed by atoms with E-state index in [4.69, 9.17) is 16.3 Å². The molecule has 2 aromatic carbocycles. The number of halogens is 4. The second kappa shape index (κ2) is 11.1. The Balaban J connectivity index is 1.41. The Labute approximate surface area is 219 Å². The fraction of sp³-hybridized carbons (Fsp3) is 0.400. The van der Waals surface area contributed by atoms with Gasteiger partial charge in [-0.1, -0.05) is 35.9 Å². The van der Waals surface area contributed by atoms with E-state index in [-0.39, 0.29) is 17.7 Å². The molecular formula is C25H28ClF3N4O3S. The third-order valence-electron chi connectivity index (χ3n) is 6.42. The first-order valence-electron chi connectivity index (χ1n) is 11.7. The highest BCUT2D eigenvalue weighted by atomic mass is 35.5. The average molecular weight is 557 g/mol. The predicted octanol–water partition coefficient (Wildman–Crippen LogP) is 4.67. The van der Waals surface area contributed by atoms with E-state index in [0.29, 0.717) is 49.1 Å². The van der Waals surface area contributed by atoms with E-state index >= 15 is 0 Å². The lowest BCUT2D eigenvalue weighted by Crippen LogP contribution is -2.49. The van der Waals surface area contributed by atoms with Gasteiger partial charge in [-0.3, -0.25) is 4.90 Å². The van der Waals surface area contributed by atoms with Crippen molar-refractivity contribution in [3.05, 3.63) is 82.3 Å². The first-order valence-corrected chi connectivity index (χ1v) is 13.5. The van der Waals surface area contributed by atoms with Gasteiger partial charge in [-0.15, -0.1) is 0 Å². The fourth-order valence-electron chi connectivity index (χ4n) is 4.09. The van der Waals surface area contributed by atoms with Crippen molar-refractivity contribution in [3.8, 4) is 0 Å². The van der Waals surface area contributed by atoms with Crippen molar-refractivity contribution in [1.82, 2.24) is 18.8 Å². The predicted molar refractivity (Wildman–Crippen MR) is 134 cm³/mol. The third-order valence-corrected chi connectivity index (χ3v) is 8.44. The number of piperazine rings is 1. The first kappa shape index (κ1) is 27.6. The number of ether oxygens (including phenoxy) is 1. The number of aryl methyl sites for hydroxylation is 2. The van der Waals surface area contributed by atoms with Crippen molar-refractivity contribution in [2.45, 2.75) is 30.8 Å². The largest absolute Gasteiger partial charge is 0.416 e. The number of hydrogen-bond donors (Lipinski definition) is 0. The van der Waals surface area contributed by atoms with E-state index in [1.807, 2.05) is 12.1 Å². The minimum atomic E-state index is -4.39. The van der Waals surface area contributed by atoms with Crippen LogP contribution in [0.3, 0.4) is 0 Å². The van der Waals surface area contributed by atoms with Gasteiger partial charge >= 0.3 is 6.18 Å². The summed E-state index contributed by atoms with van der Waals surface area (Å²) in [7, 11) is -1.93. The molecule has 200 valence electrons. The topological polar surface area (TPSA) is 67.7 Å². The molecule has 0 unspecified atom stereocenters. The highest BCUT2D eigenvalue weighted by molar-refractivity contribution is 7.89. The van der Waals surface area contributed by atoms with E-state index in [2.05, 4.69) is 9.88 Å². The van der Waals surface area contributed by atoms with Gasteiger partial charge in [0.25, 0.3) is 10.0 Å². The van der Waals surface area contributed by atoms with Crippen molar-refractivity contribution in [3.63, 3.8) is 0 Å². The van der Waals surface area contributed by atoms with Gasteiger partial charge in [0.2, 0.25) is 0 Å². The van der Waals surface area contributed by atoms with Crippen molar-refractivity contribution >= 4 is 21.6 Å². The van der Waals surface area contributed by atoms with Gasteiger partial charge in [0.05, 0.1) is 18.3 Å². The Morgan fingerprint density at radius 1 is 1.03 bits per heavy atom. The van der Waals surface area contributed by atoms with Gasteiger partial charge in [-0.25, -0.2) is 13.4 Å². The van der Waals surface area contributed by atoms with Crippen LogP contribution in [-0.2, 0) is 34.6 Å². The molecule has 7 nitrogen and oxygen atoms in total. The molecule has 1 aliphatic rings. The van der Waals surface area contributed by atoms with Crippen LogP contribution >= 0.6 is 11.6 Å². The van der Waals surface area contributed by atoms with Crippen molar-refractivity contribution < 1.29 is 26.3 Å². The lowest BCUT2D eigenvalue weighted by atomic mass is 10.1. The Morgan fingerprint density at radius 3 is 2.19 bits per heavy atom. The average Bonchev–Trinajstić information content (AvgIpc) is 3.21. The number of alkyl halides is 3. The number of sulfonamides is 1. The zero-order valence-corrected chi connectivity index (χ0v) is 22.0. The van der Waals surface area contributed by atoms with E-state index in [0.717, 1.165) is 17.7 Å². The molecule has 1 atom stereocenters. The van der Waals surface area contributed by atoms with Gasteiger partial charge in [0.1, 0.15) is 5.82 Å². The van der Waals surface area contributed by atoms with Crippen LogP contribution in [0.15, 0.2) is 59.8 Å². The molecule has 12 heteroatoms. The zero-order chi connectivity index (χ0) is 26.8. The molecule has 1 aliphatic heterocycles. The molecule has 0 N–H and O–H groups in total. The molecule has 0 aliphatic carbocycles. The van der Waals surface area contributed by atoms with Crippen LogP contribution in [0.1, 0.15) is 28.6 Å². The van der Waals surface area contributed by atoms with E-state index in [1.165, 1.54) is 22.6 Å². The van der Waals surface area contributed by atoms with Crippen LogP contribution in [0.25, 0.3) is 0 Å². The van der Waals surface area contributed by atoms with Crippen molar-refractivity contribution in [2.75, 3.05) is 32.7 Å². The second-order valence-corrected chi connectivity index (χ2v) is 11.3. The maximum Gasteiger partial charge on any atom is 0.416 e. The molecule has 3 aromatic rings. The zero-order valence-electron chi connectivity index (χ0n) is 20.4. The number of imidazole rings is 1. The van der Waals surface area contributed by atoms with Crippen LogP contribution < -0.4 is 0 Å². The first-order chi connectivity index (χ1) is 17.4. The molecule has 37 heavy (non-hydrogen) atoms. The standard InChI is InChI=1S/C25H28ClF3N4O3S/c1-18-30-24(16-31(18)2)37(34,35)33-13-11-32(12-14-33)15-23(20-5-9-22(26)10-6-20)36-17-19-3-7-21(8-4-19)25(27,28)29/h3-10,16,23H,11-15,17H2,1-2H3/t23-/m0/s1. The number of hydrogen-bond acceptors (Lipinski definition) is 5. The fourth-order valence-corrected chi connectivity index (χ4v) is 5.66. The Kier molecular flexibility index (Phi) is 8.29. The second-order valence-electron chi connectivity index (χ2n) is 8.99. The van der Waals surface area contributed by atoms with Crippen molar-refractivity contribution in [2.24, 2.45) is 7.05 Å². The summed E-state index contributed by atoms with van der Waals surface area (Å²) in [6, 6.07) is 12.1. The minimum Gasteiger partial charge on any atom is -0.368 e. The highest BCUT2D eigenvalue weighted by Crippen LogP contribution is 2.30. The lowest BCUT2D eigenvalue weighted by molar-refractivity contribution is -0.137. The normalized spacial score (nSPS) is 16.7. The Morgan fingerprint density at radius 2 is 1.65 bits per heavy atom. The molecule has 0 spiro atoms. The summed E-state index contributed by atoms with van der Waals surface area (Å²) in [6.45, 7) is 3.97. The summed E-state index contributed by atoms with van der Waals surface area (Å²) in [6.07, 6.45) is -3.26. The molecule has 1 aromatic heterocycles. The number of aromatic nitrogens is 2. The maximum absolute atomic E-state index is 13.0. The van der Waals surface area contributed by atoms with Crippen LogP contribution in [0, 0.1) is 6.92 Å².